The minimum atomic E-state index is -0.459. The van der Waals surface area contributed by atoms with Crippen LogP contribution in [0.3, 0.4) is 0 Å². The molecule has 0 aliphatic carbocycles. The summed E-state index contributed by atoms with van der Waals surface area (Å²) in [4.78, 5) is 20.9. The SMILES string of the molecule is O=C(Nc1ccc(N2CCN(c3ccccn3)CC2)nn1)c1cccc(F)c1. The minimum Gasteiger partial charge on any atom is -0.353 e. The number of carbonyl (C=O) groups excluding carboxylic acids is 1. The van der Waals surface area contributed by atoms with Gasteiger partial charge in [0, 0.05) is 37.9 Å². The Labute approximate surface area is 161 Å². The summed E-state index contributed by atoms with van der Waals surface area (Å²) in [6, 6.07) is 14.9. The van der Waals surface area contributed by atoms with Gasteiger partial charge in [-0.1, -0.05) is 12.1 Å². The highest BCUT2D eigenvalue weighted by molar-refractivity contribution is 6.03. The summed E-state index contributed by atoms with van der Waals surface area (Å²) in [5, 5.41) is 10.9. The van der Waals surface area contributed by atoms with E-state index in [1.807, 2.05) is 24.3 Å². The van der Waals surface area contributed by atoms with Gasteiger partial charge in [0.15, 0.2) is 11.6 Å². The van der Waals surface area contributed by atoms with Crippen LogP contribution in [0, 0.1) is 5.82 Å². The van der Waals surface area contributed by atoms with Gasteiger partial charge < -0.3 is 15.1 Å². The smallest absolute Gasteiger partial charge is 0.256 e. The van der Waals surface area contributed by atoms with E-state index in [1.165, 1.54) is 18.2 Å². The molecule has 8 heteroatoms. The standard InChI is InChI=1S/C20H19FN6O/c21-16-5-3-4-15(14-16)20(28)23-17-7-8-19(25-24-17)27-12-10-26(11-13-27)18-6-1-2-9-22-18/h1-9,14H,10-13H2,(H,23,24,28). The number of amides is 1. The Morgan fingerprint density at radius 3 is 2.32 bits per heavy atom. The van der Waals surface area contributed by atoms with E-state index in [0.717, 1.165) is 37.8 Å². The Morgan fingerprint density at radius 1 is 0.893 bits per heavy atom. The molecule has 28 heavy (non-hydrogen) atoms. The second kappa shape index (κ2) is 7.99. The fraction of sp³-hybridized carbons (Fsp3) is 0.200. The number of benzene rings is 1. The van der Waals surface area contributed by atoms with Crippen molar-refractivity contribution in [3.63, 3.8) is 0 Å². The first kappa shape index (κ1) is 17.8. The Kier molecular flexibility index (Phi) is 5.09. The lowest BCUT2D eigenvalue weighted by atomic mass is 10.2. The molecule has 0 atom stereocenters. The summed E-state index contributed by atoms with van der Waals surface area (Å²) in [7, 11) is 0. The number of hydrogen-bond acceptors (Lipinski definition) is 6. The molecule has 0 saturated carbocycles. The molecule has 4 rings (SSSR count). The first-order valence-electron chi connectivity index (χ1n) is 9.00. The second-order valence-electron chi connectivity index (χ2n) is 6.40. The van der Waals surface area contributed by atoms with Crippen LogP contribution in [0.25, 0.3) is 0 Å². The number of nitrogens with one attached hydrogen (secondary N) is 1. The third-order valence-corrected chi connectivity index (χ3v) is 4.56. The van der Waals surface area contributed by atoms with Crippen molar-refractivity contribution in [2.24, 2.45) is 0 Å². The number of pyridine rings is 1. The van der Waals surface area contributed by atoms with Gasteiger partial charge in [-0.05, 0) is 42.5 Å². The summed E-state index contributed by atoms with van der Waals surface area (Å²) >= 11 is 0. The number of hydrogen-bond donors (Lipinski definition) is 1. The van der Waals surface area contributed by atoms with Gasteiger partial charge in [0.2, 0.25) is 0 Å². The van der Waals surface area contributed by atoms with Crippen molar-refractivity contribution in [3.05, 3.63) is 72.2 Å². The Bertz CT molecular complexity index is 942. The normalized spacial score (nSPS) is 14.0. The molecule has 7 nitrogen and oxygen atoms in total. The van der Waals surface area contributed by atoms with Crippen molar-refractivity contribution in [1.29, 1.82) is 0 Å². The largest absolute Gasteiger partial charge is 0.353 e. The molecule has 0 bridgehead atoms. The van der Waals surface area contributed by atoms with E-state index >= 15 is 0 Å². The van der Waals surface area contributed by atoms with Crippen molar-refractivity contribution < 1.29 is 9.18 Å². The lowest BCUT2D eigenvalue weighted by molar-refractivity contribution is 0.102. The van der Waals surface area contributed by atoms with Crippen LogP contribution in [0.15, 0.2) is 60.8 Å². The lowest BCUT2D eigenvalue weighted by Crippen LogP contribution is -2.47. The molecule has 142 valence electrons. The fourth-order valence-electron chi connectivity index (χ4n) is 3.08. The van der Waals surface area contributed by atoms with E-state index in [-0.39, 0.29) is 5.56 Å². The van der Waals surface area contributed by atoms with Gasteiger partial charge in [0.1, 0.15) is 11.6 Å². The van der Waals surface area contributed by atoms with Crippen LogP contribution in [-0.2, 0) is 0 Å². The summed E-state index contributed by atoms with van der Waals surface area (Å²) in [5.74, 6) is 1.17. The molecule has 0 spiro atoms. The lowest BCUT2D eigenvalue weighted by Gasteiger charge is -2.35. The molecular weight excluding hydrogens is 359 g/mol. The average molecular weight is 378 g/mol. The molecule has 0 radical (unpaired) electrons. The van der Waals surface area contributed by atoms with E-state index in [4.69, 9.17) is 0 Å². The number of piperazine rings is 1. The van der Waals surface area contributed by atoms with Gasteiger partial charge in [-0.2, -0.15) is 0 Å². The van der Waals surface area contributed by atoms with Crippen LogP contribution in [0.2, 0.25) is 0 Å². The van der Waals surface area contributed by atoms with Crippen LogP contribution >= 0.6 is 0 Å². The molecule has 1 aliphatic heterocycles. The zero-order valence-corrected chi connectivity index (χ0v) is 15.1. The predicted octanol–water partition coefficient (Wildman–Crippen LogP) is 2.59. The van der Waals surface area contributed by atoms with E-state index in [2.05, 4.69) is 30.3 Å². The third-order valence-electron chi connectivity index (χ3n) is 4.56. The van der Waals surface area contributed by atoms with Crippen LogP contribution in [0.1, 0.15) is 10.4 Å². The van der Waals surface area contributed by atoms with Gasteiger partial charge in [-0.3, -0.25) is 4.79 Å². The summed E-state index contributed by atoms with van der Waals surface area (Å²) in [5.41, 5.74) is 0.233. The van der Waals surface area contributed by atoms with Gasteiger partial charge in [-0.15, -0.1) is 10.2 Å². The minimum absolute atomic E-state index is 0.233. The first-order chi connectivity index (χ1) is 13.7. The van der Waals surface area contributed by atoms with Gasteiger partial charge in [-0.25, -0.2) is 9.37 Å². The topological polar surface area (TPSA) is 74.2 Å². The monoisotopic (exact) mass is 378 g/mol. The third kappa shape index (κ3) is 4.06. The van der Waals surface area contributed by atoms with Crippen LogP contribution in [-0.4, -0.2) is 47.3 Å². The zero-order chi connectivity index (χ0) is 19.3. The highest BCUT2D eigenvalue weighted by Crippen LogP contribution is 2.18. The number of aromatic nitrogens is 3. The van der Waals surface area contributed by atoms with Gasteiger partial charge in [0.25, 0.3) is 5.91 Å². The highest BCUT2D eigenvalue weighted by atomic mass is 19.1. The molecule has 3 heterocycles. The maximum absolute atomic E-state index is 13.2. The molecule has 1 saturated heterocycles. The Hall–Kier alpha value is -3.55. The number of carbonyl (C=O) groups is 1. The molecule has 2 aromatic heterocycles. The van der Waals surface area contributed by atoms with Crippen LogP contribution in [0.5, 0.6) is 0 Å². The molecule has 1 aromatic carbocycles. The highest BCUT2D eigenvalue weighted by Gasteiger charge is 2.19. The average Bonchev–Trinajstić information content (AvgIpc) is 2.75. The fourth-order valence-corrected chi connectivity index (χ4v) is 3.08. The van der Waals surface area contributed by atoms with Crippen molar-refractivity contribution in [3.8, 4) is 0 Å². The molecule has 1 N–H and O–H groups in total. The Balaban J connectivity index is 1.35. The van der Waals surface area contributed by atoms with Crippen molar-refractivity contribution >= 4 is 23.4 Å². The molecule has 1 fully saturated rings. The molecule has 1 aliphatic rings. The molecular formula is C20H19FN6O. The predicted molar refractivity (Wildman–Crippen MR) is 105 cm³/mol. The number of rotatable bonds is 4. The van der Waals surface area contributed by atoms with E-state index < -0.39 is 11.7 Å². The van der Waals surface area contributed by atoms with Crippen molar-refractivity contribution in [2.45, 2.75) is 0 Å². The van der Waals surface area contributed by atoms with E-state index in [1.54, 1.807) is 18.3 Å². The Morgan fingerprint density at radius 2 is 1.68 bits per heavy atom. The quantitative estimate of drug-likeness (QED) is 0.752. The number of anilines is 3. The summed E-state index contributed by atoms with van der Waals surface area (Å²) in [6.07, 6.45) is 1.80. The summed E-state index contributed by atoms with van der Waals surface area (Å²) in [6.45, 7) is 3.30. The van der Waals surface area contributed by atoms with Gasteiger partial charge >= 0.3 is 0 Å². The maximum atomic E-state index is 13.2. The van der Waals surface area contributed by atoms with E-state index in [9.17, 15) is 9.18 Å². The molecule has 3 aromatic rings. The molecule has 0 unspecified atom stereocenters. The van der Waals surface area contributed by atoms with Crippen molar-refractivity contribution in [2.75, 3.05) is 41.3 Å². The van der Waals surface area contributed by atoms with Gasteiger partial charge in [0.05, 0.1) is 0 Å². The molecule has 1 amide bonds. The van der Waals surface area contributed by atoms with Crippen LogP contribution < -0.4 is 15.1 Å². The number of halogens is 1. The first-order valence-corrected chi connectivity index (χ1v) is 9.00. The second-order valence-corrected chi connectivity index (χ2v) is 6.40. The van der Waals surface area contributed by atoms with Crippen LogP contribution in [0.4, 0.5) is 21.8 Å². The zero-order valence-electron chi connectivity index (χ0n) is 15.1. The van der Waals surface area contributed by atoms with E-state index in [0.29, 0.717) is 5.82 Å². The summed E-state index contributed by atoms with van der Waals surface area (Å²) < 4.78 is 13.2. The number of nitrogens with zero attached hydrogens (tertiary/aromatic N) is 5. The van der Waals surface area contributed by atoms with Crippen molar-refractivity contribution in [1.82, 2.24) is 15.2 Å². The maximum Gasteiger partial charge on any atom is 0.256 e.